The van der Waals surface area contributed by atoms with E-state index in [1.807, 2.05) is 42.5 Å². The third-order valence-corrected chi connectivity index (χ3v) is 7.75. The largest absolute Gasteiger partial charge is 0.340 e. The summed E-state index contributed by atoms with van der Waals surface area (Å²) in [5, 5.41) is -0.173. The van der Waals surface area contributed by atoms with Crippen LogP contribution in [0, 0.1) is 0 Å². The molecular weight excluding hydrogens is 416 g/mol. The average Bonchev–Trinajstić information content (AvgIpc) is 3.10. The minimum absolute atomic E-state index is 0.0647. The van der Waals surface area contributed by atoms with Gasteiger partial charge in [-0.05, 0) is 35.1 Å². The molecule has 1 aliphatic rings. The topological polar surface area (TPSA) is 57.7 Å². The first-order valence-corrected chi connectivity index (χ1v) is 12.0. The number of sulfonamides is 1. The van der Waals surface area contributed by atoms with Gasteiger partial charge in [-0.25, -0.2) is 8.42 Å². The van der Waals surface area contributed by atoms with Gasteiger partial charge < -0.3 is 4.90 Å². The quantitative estimate of drug-likeness (QED) is 0.713. The van der Waals surface area contributed by atoms with Crippen molar-refractivity contribution in [1.82, 2.24) is 9.21 Å². The molecule has 1 fully saturated rings. The lowest BCUT2D eigenvalue weighted by Gasteiger charge is -2.28. The Labute approximate surface area is 185 Å². The van der Waals surface area contributed by atoms with E-state index in [0.717, 1.165) is 11.1 Å². The summed E-state index contributed by atoms with van der Waals surface area (Å²) < 4.78 is 28.0. The highest BCUT2D eigenvalue weighted by Gasteiger charge is 2.43. The van der Waals surface area contributed by atoms with Crippen molar-refractivity contribution >= 4 is 28.6 Å². The van der Waals surface area contributed by atoms with Crippen molar-refractivity contribution in [1.29, 1.82) is 0 Å². The summed E-state index contributed by atoms with van der Waals surface area (Å²) in [6.45, 7) is 6.91. The van der Waals surface area contributed by atoms with Crippen LogP contribution < -0.4 is 0 Å². The highest BCUT2D eigenvalue weighted by atomic mass is 32.2. The van der Waals surface area contributed by atoms with E-state index in [-0.39, 0.29) is 28.0 Å². The van der Waals surface area contributed by atoms with Crippen LogP contribution in [0.3, 0.4) is 0 Å². The van der Waals surface area contributed by atoms with E-state index < -0.39 is 16.1 Å². The second kappa shape index (κ2) is 8.73. The summed E-state index contributed by atoms with van der Waals surface area (Å²) >= 11 is 4.49. The third kappa shape index (κ3) is 4.90. The maximum Gasteiger partial charge on any atom is 0.243 e. The summed E-state index contributed by atoms with van der Waals surface area (Å²) in [5.41, 5.74) is 2.00. The number of carbonyl (C=O) groups is 1. The first kappa shape index (κ1) is 22.8. The van der Waals surface area contributed by atoms with E-state index in [2.05, 4.69) is 33.4 Å². The normalized spacial score (nSPS) is 20.3. The molecule has 0 N–H and O–H groups in total. The Morgan fingerprint density at radius 1 is 1.10 bits per heavy atom. The molecule has 1 aliphatic heterocycles. The molecule has 7 heteroatoms. The average molecular weight is 447 g/mol. The van der Waals surface area contributed by atoms with Crippen LogP contribution in [0.1, 0.15) is 38.3 Å². The third-order valence-electron chi connectivity index (χ3n) is 5.48. The summed E-state index contributed by atoms with van der Waals surface area (Å²) in [4.78, 5) is 15.0. The van der Waals surface area contributed by atoms with Gasteiger partial charge in [0.15, 0.2) is 0 Å². The van der Waals surface area contributed by atoms with Crippen LogP contribution in [0.4, 0.5) is 0 Å². The highest BCUT2D eigenvalue weighted by molar-refractivity contribution is 7.89. The molecule has 0 aromatic heterocycles. The van der Waals surface area contributed by atoms with Crippen molar-refractivity contribution in [2.75, 3.05) is 13.6 Å². The monoisotopic (exact) mass is 446 g/mol. The number of likely N-dealkylation sites (N-methyl/N-ethyl adjacent to an activating group) is 1. The Hall–Kier alpha value is -1.83. The summed E-state index contributed by atoms with van der Waals surface area (Å²) in [7, 11) is -2.09. The van der Waals surface area contributed by atoms with Crippen molar-refractivity contribution in [2.24, 2.45) is 0 Å². The molecular formula is C23H30N2O3S2. The van der Waals surface area contributed by atoms with Crippen molar-refractivity contribution in [3.63, 3.8) is 0 Å². The van der Waals surface area contributed by atoms with Gasteiger partial charge in [-0.3, -0.25) is 4.79 Å². The molecule has 0 radical (unpaired) electrons. The van der Waals surface area contributed by atoms with Gasteiger partial charge in [0.2, 0.25) is 15.9 Å². The molecule has 0 spiro atoms. The maximum absolute atomic E-state index is 13.4. The number of benzene rings is 2. The number of nitrogens with zero attached hydrogens (tertiary/aromatic N) is 2. The lowest BCUT2D eigenvalue weighted by atomic mass is 9.87. The number of carbonyl (C=O) groups excluding carboxylic acids is 1. The van der Waals surface area contributed by atoms with Gasteiger partial charge in [-0.2, -0.15) is 16.9 Å². The minimum Gasteiger partial charge on any atom is -0.340 e. The summed E-state index contributed by atoms with van der Waals surface area (Å²) in [6.07, 6.45) is 0.403. The van der Waals surface area contributed by atoms with E-state index in [4.69, 9.17) is 0 Å². The molecule has 2 aromatic carbocycles. The predicted octanol–water partition coefficient (Wildman–Crippen LogP) is 3.70. The second-order valence-electron chi connectivity index (χ2n) is 8.93. The first-order valence-electron chi connectivity index (χ1n) is 10.1. The van der Waals surface area contributed by atoms with Crippen LogP contribution >= 0.6 is 12.6 Å². The molecule has 1 heterocycles. The summed E-state index contributed by atoms with van der Waals surface area (Å²) in [5.74, 6) is -0.203. The Morgan fingerprint density at radius 2 is 1.70 bits per heavy atom. The van der Waals surface area contributed by atoms with Crippen LogP contribution in [-0.2, 0) is 26.8 Å². The van der Waals surface area contributed by atoms with Gasteiger partial charge in [0.1, 0.15) is 6.04 Å². The van der Waals surface area contributed by atoms with Crippen molar-refractivity contribution in [3.8, 4) is 0 Å². The van der Waals surface area contributed by atoms with Gasteiger partial charge >= 0.3 is 0 Å². The second-order valence-corrected chi connectivity index (χ2v) is 11.6. The molecule has 0 unspecified atom stereocenters. The smallest absolute Gasteiger partial charge is 0.243 e. The van der Waals surface area contributed by atoms with Crippen LogP contribution in [0.25, 0.3) is 0 Å². The van der Waals surface area contributed by atoms with Gasteiger partial charge in [-0.15, -0.1) is 0 Å². The first-order chi connectivity index (χ1) is 14.0. The lowest BCUT2D eigenvalue weighted by Crippen LogP contribution is -2.46. The fourth-order valence-electron chi connectivity index (χ4n) is 3.73. The molecule has 3 rings (SSSR count). The lowest BCUT2D eigenvalue weighted by molar-refractivity contribution is -0.133. The zero-order valence-corrected chi connectivity index (χ0v) is 19.7. The zero-order valence-electron chi connectivity index (χ0n) is 17.9. The van der Waals surface area contributed by atoms with E-state index in [1.165, 1.54) is 4.31 Å². The Balaban J connectivity index is 1.83. The molecule has 0 saturated carbocycles. The van der Waals surface area contributed by atoms with Gasteiger partial charge in [0.25, 0.3) is 0 Å². The molecule has 1 amide bonds. The van der Waals surface area contributed by atoms with Gasteiger partial charge in [0.05, 0.1) is 4.90 Å². The fraction of sp³-hybridized carbons (Fsp3) is 0.435. The molecule has 30 heavy (non-hydrogen) atoms. The molecule has 0 aliphatic carbocycles. The van der Waals surface area contributed by atoms with Crippen LogP contribution in [-0.4, -0.2) is 48.4 Å². The van der Waals surface area contributed by atoms with Gasteiger partial charge in [-0.1, -0.05) is 63.2 Å². The SMILES string of the molecule is CN(Cc1ccccc1)C(=O)[C@@H]1C[C@@H](S)CN1S(=O)(=O)c1ccc(C(C)(C)C)cc1. The predicted molar refractivity (Wildman–Crippen MR) is 123 cm³/mol. The highest BCUT2D eigenvalue weighted by Crippen LogP contribution is 2.31. The van der Waals surface area contributed by atoms with Crippen LogP contribution in [0.2, 0.25) is 0 Å². The number of amides is 1. The molecule has 0 bridgehead atoms. The number of hydrogen-bond donors (Lipinski definition) is 1. The summed E-state index contributed by atoms with van der Waals surface area (Å²) in [6, 6.07) is 15.9. The molecule has 1 saturated heterocycles. The number of hydrogen-bond acceptors (Lipinski definition) is 4. The minimum atomic E-state index is -3.80. The van der Waals surface area contributed by atoms with E-state index in [9.17, 15) is 13.2 Å². The van der Waals surface area contributed by atoms with E-state index >= 15 is 0 Å². The number of rotatable bonds is 5. The van der Waals surface area contributed by atoms with Crippen LogP contribution in [0.15, 0.2) is 59.5 Å². The zero-order chi connectivity index (χ0) is 22.1. The van der Waals surface area contributed by atoms with Gasteiger partial charge in [0, 0.05) is 25.4 Å². The molecule has 162 valence electrons. The van der Waals surface area contributed by atoms with E-state index in [0.29, 0.717) is 13.0 Å². The van der Waals surface area contributed by atoms with Crippen molar-refractivity contribution in [2.45, 2.75) is 55.3 Å². The standard InChI is InChI=1S/C23H30N2O3S2/c1-23(2,3)18-10-12-20(13-11-18)30(27,28)25-16-19(29)14-21(25)22(26)24(4)15-17-8-6-5-7-9-17/h5-13,19,21,29H,14-16H2,1-4H3/t19-,21+/m1/s1. The Kier molecular flexibility index (Phi) is 6.65. The Bertz CT molecular complexity index is 983. The molecule has 5 nitrogen and oxygen atoms in total. The van der Waals surface area contributed by atoms with Crippen molar-refractivity contribution in [3.05, 3.63) is 65.7 Å². The van der Waals surface area contributed by atoms with Crippen molar-refractivity contribution < 1.29 is 13.2 Å². The van der Waals surface area contributed by atoms with Crippen LogP contribution in [0.5, 0.6) is 0 Å². The molecule has 2 atom stereocenters. The fourth-order valence-corrected chi connectivity index (χ4v) is 5.85. The number of thiol groups is 1. The molecule has 2 aromatic rings. The Morgan fingerprint density at radius 3 is 2.27 bits per heavy atom. The maximum atomic E-state index is 13.4. The van der Waals surface area contributed by atoms with E-state index in [1.54, 1.807) is 24.1 Å².